The number of hydrogen-bond acceptors (Lipinski definition) is 2. The SMILES string of the molecule is CCCNC(c1ccccc1)C(C(C)C)n1cccn1. The summed E-state index contributed by atoms with van der Waals surface area (Å²) in [5, 5.41) is 8.16. The smallest absolute Gasteiger partial charge is 0.0736 e. The number of benzene rings is 1. The van der Waals surface area contributed by atoms with E-state index in [-0.39, 0.29) is 6.04 Å². The molecule has 20 heavy (non-hydrogen) atoms. The van der Waals surface area contributed by atoms with Gasteiger partial charge in [0.1, 0.15) is 0 Å². The third-order valence-electron chi connectivity index (χ3n) is 3.63. The predicted molar refractivity (Wildman–Crippen MR) is 83.6 cm³/mol. The molecule has 0 aliphatic heterocycles. The average Bonchev–Trinajstić information content (AvgIpc) is 2.97. The van der Waals surface area contributed by atoms with E-state index in [2.05, 4.69) is 72.4 Å². The molecule has 2 atom stereocenters. The minimum atomic E-state index is 0.288. The molecule has 1 heterocycles. The Morgan fingerprint density at radius 1 is 1.15 bits per heavy atom. The van der Waals surface area contributed by atoms with E-state index < -0.39 is 0 Å². The molecule has 2 rings (SSSR count). The molecule has 0 aliphatic carbocycles. The summed E-state index contributed by atoms with van der Waals surface area (Å²) in [5.41, 5.74) is 1.33. The van der Waals surface area contributed by atoms with Gasteiger partial charge in [-0.25, -0.2) is 0 Å². The van der Waals surface area contributed by atoms with Crippen molar-refractivity contribution in [3.63, 3.8) is 0 Å². The van der Waals surface area contributed by atoms with E-state index in [9.17, 15) is 0 Å². The fourth-order valence-corrected chi connectivity index (χ4v) is 2.70. The molecule has 3 heteroatoms. The minimum Gasteiger partial charge on any atom is -0.308 e. The van der Waals surface area contributed by atoms with Crippen LogP contribution in [0.3, 0.4) is 0 Å². The molecule has 0 fully saturated rings. The van der Waals surface area contributed by atoms with Crippen molar-refractivity contribution in [1.29, 1.82) is 0 Å². The van der Waals surface area contributed by atoms with Crippen LogP contribution in [0.25, 0.3) is 0 Å². The van der Waals surface area contributed by atoms with Crippen molar-refractivity contribution in [3.05, 3.63) is 54.4 Å². The molecule has 0 bridgehead atoms. The van der Waals surface area contributed by atoms with Gasteiger partial charge in [0.25, 0.3) is 0 Å². The Hall–Kier alpha value is -1.61. The van der Waals surface area contributed by atoms with Crippen LogP contribution in [0.15, 0.2) is 48.8 Å². The Morgan fingerprint density at radius 3 is 2.45 bits per heavy atom. The Bertz CT molecular complexity index is 476. The summed E-state index contributed by atoms with van der Waals surface area (Å²) in [7, 11) is 0. The third-order valence-corrected chi connectivity index (χ3v) is 3.63. The maximum Gasteiger partial charge on any atom is 0.0736 e. The molecule has 0 saturated carbocycles. The maximum atomic E-state index is 4.47. The van der Waals surface area contributed by atoms with Crippen molar-refractivity contribution >= 4 is 0 Å². The summed E-state index contributed by atoms with van der Waals surface area (Å²) >= 11 is 0. The van der Waals surface area contributed by atoms with Gasteiger partial charge in [-0.1, -0.05) is 51.1 Å². The first kappa shape index (κ1) is 14.8. The topological polar surface area (TPSA) is 29.9 Å². The zero-order chi connectivity index (χ0) is 14.4. The summed E-state index contributed by atoms with van der Waals surface area (Å²) in [4.78, 5) is 0. The molecule has 0 radical (unpaired) electrons. The highest BCUT2D eigenvalue weighted by Crippen LogP contribution is 2.31. The summed E-state index contributed by atoms with van der Waals surface area (Å²) in [6.07, 6.45) is 5.05. The Kier molecular flexibility index (Phi) is 5.36. The van der Waals surface area contributed by atoms with Gasteiger partial charge in [0.05, 0.1) is 12.1 Å². The van der Waals surface area contributed by atoms with Crippen LogP contribution in [0.5, 0.6) is 0 Å². The van der Waals surface area contributed by atoms with E-state index in [0.717, 1.165) is 13.0 Å². The molecular weight excluding hydrogens is 246 g/mol. The van der Waals surface area contributed by atoms with Crippen molar-refractivity contribution in [2.45, 2.75) is 39.3 Å². The molecule has 1 N–H and O–H groups in total. The second-order valence-electron chi connectivity index (χ2n) is 5.56. The van der Waals surface area contributed by atoms with Gasteiger partial charge in [0.2, 0.25) is 0 Å². The number of nitrogens with zero attached hydrogens (tertiary/aromatic N) is 2. The number of nitrogens with one attached hydrogen (secondary N) is 1. The molecule has 108 valence electrons. The first-order valence-corrected chi connectivity index (χ1v) is 7.51. The van der Waals surface area contributed by atoms with E-state index in [1.807, 2.05) is 12.3 Å². The van der Waals surface area contributed by atoms with Crippen LogP contribution in [0, 0.1) is 5.92 Å². The molecule has 2 aromatic rings. The highest BCUT2D eigenvalue weighted by atomic mass is 15.3. The van der Waals surface area contributed by atoms with E-state index in [1.165, 1.54) is 5.56 Å². The summed E-state index contributed by atoms with van der Waals surface area (Å²) in [5.74, 6) is 0.504. The highest BCUT2D eigenvalue weighted by Gasteiger charge is 2.27. The molecule has 0 spiro atoms. The van der Waals surface area contributed by atoms with Crippen LogP contribution in [-0.4, -0.2) is 16.3 Å². The average molecular weight is 271 g/mol. The lowest BCUT2D eigenvalue weighted by Crippen LogP contribution is -2.34. The second kappa shape index (κ2) is 7.25. The van der Waals surface area contributed by atoms with Gasteiger partial charge in [-0.05, 0) is 30.5 Å². The van der Waals surface area contributed by atoms with Crippen LogP contribution < -0.4 is 5.32 Å². The molecular formula is C17H25N3. The largest absolute Gasteiger partial charge is 0.308 e. The van der Waals surface area contributed by atoms with Gasteiger partial charge in [-0.3, -0.25) is 4.68 Å². The van der Waals surface area contributed by atoms with Gasteiger partial charge >= 0.3 is 0 Å². The zero-order valence-electron chi connectivity index (χ0n) is 12.7. The van der Waals surface area contributed by atoms with Crippen molar-refractivity contribution in [2.75, 3.05) is 6.54 Å². The number of hydrogen-bond donors (Lipinski definition) is 1. The van der Waals surface area contributed by atoms with Gasteiger partial charge in [-0.2, -0.15) is 5.10 Å². The Morgan fingerprint density at radius 2 is 1.90 bits per heavy atom. The van der Waals surface area contributed by atoms with Crippen LogP contribution in [0.4, 0.5) is 0 Å². The zero-order valence-corrected chi connectivity index (χ0v) is 12.7. The van der Waals surface area contributed by atoms with Crippen molar-refractivity contribution in [3.8, 4) is 0 Å². The fraction of sp³-hybridized carbons (Fsp3) is 0.471. The summed E-state index contributed by atoms with van der Waals surface area (Å²) in [6.45, 7) is 7.74. The van der Waals surface area contributed by atoms with Crippen molar-refractivity contribution < 1.29 is 0 Å². The second-order valence-corrected chi connectivity index (χ2v) is 5.56. The van der Waals surface area contributed by atoms with Gasteiger partial charge in [0.15, 0.2) is 0 Å². The fourth-order valence-electron chi connectivity index (χ4n) is 2.70. The highest BCUT2D eigenvalue weighted by molar-refractivity contribution is 5.20. The third kappa shape index (κ3) is 3.48. The first-order valence-electron chi connectivity index (χ1n) is 7.51. The van der Waals surface area contributed by atoms with E-state index in [1.54, 1.807) is 0 Å². The Balaban J connectivity index is 2.32. The molecule has 1 aromatic carbocycles. The van der Waals surface area contributed by atoms with Crippen LogP contribution >= 0.6 is 0 Å². The molecule has 0 aliphatic rings. The number of aromatic nitrogens is 2. The van der Waals surface area contributed by atoms with Crippen LogP contribution in [0.1, 0.15) is 44.8 Å². The molecule has 2 unspecified atom stereocenters. The van der Waals surface area contributed by atoms with Gasteiger partial charge in [-0.15, -0.1) is 0 Å². The molecule has 0 amide bonds. The monoisotopic (exact) mass is 271 g/mol. The van der Waals surface area contributed by atoms with Crippen molar-refractivity contribution in [2.24, 2.45) is 5.92 Å². The summed E-state index contributed by atoms with van der Waals surface area (Å²) in [6, 6.07) is 13.3. The van der Waals surface area contributed by atoms with Gasteiger partial charge in [0, 0.05) is 12.4 Å². The van der Waals surface area contributed by atoms with E-state index in [0.29, 0.717) is 12.0 Å². The lowest BCUT2D eigenvalue weighted by Gasteiger charge is -2.32. The van der Waals surface area contributed by atoms with Crippen LogP contribution in [-0.2, 0) is 0 Å². The lowest BCUT2D eigenvalue weighted by atomic mass is 9.91. The molecule has 0 saturated heterocycles. The minimum absolute atomic E-state index is 0.288. The number of rotatable bonds is 7. The van der Waals surface area contributed by atoms with E-state index in [4.69, 9.17) is 0 Å². The summed E-state index contributed by atoms with van der Waals surface area (Å²) < 4.78 is 2.09. The standard InChI is InChI=1S/C17H25N3/c1-4-11-18-16(15-9-6-5-7-10-15)17(14(2)3)20-13-8-12-19-20/h5-10,12-14,16-18H,4,11H2,1-3H3. The van der Waals surface area contributed by atoms with E-state index >= 15 is 0 Å². The van der Waals surface area contributed by atoms with Crippen LogP contribution in [0.2, 0.25) is 0 Å². The van der Waals surface area contributed by atoms with Crippen molar-refractivity contribution in [1.82, 2.24) is 15.1 Å². The lowest BCUT2D eigenvalue weighted by molar-refractivity contribution is 0.259. The normalized spacial score (nSPS) is 14.4. The Labute approximate surface area is 122 Å². The molecule has 1 aromatic heterocycles. The predicted octanol–water partition coefficient (Wildman–Crippen LogP) is 3.82. The quantitative estimate of drug-likeness (QED) is 0.829. The van der Waals surface area contributed by atoms with Gasteiger partial charge < -0.3 is 5.32 Å². The first-order chi connectivity index (χ1) is 9.74. The molecule has 3 nitrogen and oxygen atoms in total. The maximum absolute atomic E-state index is 4.47.